The van der Waals surface area contributed by atoms with Crippen molar-refractivity contribution in [3.05, 3.63) is 0 Å². The van der Waals surface area contributed by atoms with Crippen LogP contribution in [0.15, 0.2) is 0 Å². The molecule has 116 valence electrons. The van der Waals surface area contributed by atoms with Gasteiger partial charge in [0, 0.05) is 39.6 Å². The van der Waals surface area contributed by atoms with Gasteiger partial charge in [0.2, 0.25) is 0 Å². The van der Waals surface area contributed by atoms with Crippen molar-refractivity contribution < 1.29 is 22.8 Å². The predicted molar refractivity (Wildman–Crippen MR) is 77.3 cm³/mol. The van der Waals surface area contributed by atoms with Crippen LogP contribution in [0.5, 0.6) is 0 Å². The monoisotopic (exact) mass is 294 g/mol. The fourth-order valence-electron chi connectivity index (χ4n) is 1.71. The molecule has 5 nitrogen and oxygen atoms in total. The smallest absolute Gasteiger partial charge is 0.379 e. The highest BCUT2D eigenvalue weighted by Gasteiger charge is 2.39. The SMILES string of the molecule is CCO[Si](CCCOCC(C)OC)(OCC)OCC. The van der Waals surface area contributed by atoms with Crippen molar-refractivity contribution in [1.29, 1.82) is 0 Å². The van der Waals surface area contributed by atoms with Crippen LogP contribution in [0.4, 0.5) is 0 Å². The fourth-order valence-corrected chi connectivity index (χ4v) is 4.29. The Balaban J connectivity index is 4.03. The van der Waals surface area contributed by atoms with Gasteiger partial charge in [0.1, 0.15) is 0 Å². The number of hydrogen-bond acceptors (Lipinski definition) is 5. The molecular weight excluding hydrogens is 264 g/mol. The van der Waals surface area contributed by atoms with Gasteiger partial charge in [-0.25, -0.2) is 0 Å². The van der Waals surface area contributed by atoms with Crippen LogP contribution in [0.3, 0.4) is 0 Å². The fraction of sp³-hybridized carbons (Fsp3) is 1.00. The van der Waals surface area contributed by atoms with E-state index in [9.17, 15) is 0 Å². The molecule has 1 atom stereocenters. The lowest BCUT2D eigenvalue weighted by atomic mass is 10.4. The van der Waals surface area contributed by atoms with Crippen molar-refractivity contribution in [1.82, 2.24) is 0 Å². The van der Waals surface area contributed by atoms with E-state index in [1.807, 2.05) is 27.7 Å². The molecule has 0 spiro atoms. The molecule has 0 saturated heterocycles. The third-order valence-corrected chi connectivity index (χ3v) is 5.77. The number of methoxy groups -OCH3 is 1. The lowest BCUT2D eigenvalue weighted by Gasteiger charge is -2.28. The Bertz CT molecular complexity index is 186. The van der Waals surface area contributed by atoms with Crippen LogP contribution >= 0.6 is 0 Å². The predicted octanol–water partition coefficient (Wildman–Crippen LogP) is 2.48. The van der Waals surface area contributed by atoms with Gasteiger partial charge in [-0.2, -0.15) is 0 Å². The number of ether oxygens (including phenoxy) is 2. The highest BCUT2D eigenvalue weighted by atomic mass is 28.4. The summed E-state index contributed by atoms with van der Waals surface area (Å²) in [6, 6.07) is 0.796. The van der Waals surface area contributed by atoms with E-state index in [4.69, 9.17) is 22.8 Å². The first-order valence-electron chi connectivity index (χ1n) is 7.16. The molecule has 0 amide bonds. The Morgan fingerprint density at radius 1 is 0.947 bits per heavy atom. The van der Waals surface area contributed by atoms with Gasteiger partial charge in [-0.15, -0.1) is 0 Å². The van der Waals surface area contributed by atoms with Gasteiger partial charge >= 0.3 is 8.80 Å². The summed E-state index contributed by atoms with van der Waals surface area (Å²) in [6.45, 7) is 11.0. The van der Waals surface area contributed by atoms with E-state index in [1.165, 1.54) is 0 Å². The molecule has 0 bridgehead atoms. The largest absolute Gasteiger partial charge is 0.501 e. The second-order valence-corrected chi connectivity index (χ2v) is 6.94. The molecule has 19 heavy (non-hydrogen) atoms. The van der Waals surface area contributed by atoms with Gasteiger partial charge in [0.05, 0.1) is 12.7 Å². The van der Waals surface area contributed by atoms with Gasteiger partial charge in [-0.3, -0.25) is 0 Å². The zero-order chi connectivity index (χ0) is 14.6. The van der Waals surface area contributed by atoms with Crippen LogP contribution in [0.2, 0.25) is 6.04 Å². The molecule has 6 heteroatoms. The Labute approximate surface area is 118 Å². The lowest BCUT2D eigenvalue weighted by molar-refractivity contribution is 0.0163. The van der Waals surface area contributed by atoms with Gasteiger partial charge in [-0.05, 0) is 34.1 Å². The van der Waals surface area contributed by atoms with E-state index in [-0.39, 0.29) is 6.10 Å². The van der Waals surface area contributed by atoms with E-state index in [0.29, 0.717) is 33.0 Å². The Hall–Kier alpha value is 0.0169. The van der Waals surface area contributed by atoms with Crippen LogP contribution < -0.4 is 0 Å². The highest BCUT2D eigenvalue weighted by Crippen LogP contribution is 2.18. The summed E-state index contributed by atoms with van der Waals surface area (Å²) in [5.41, 5.74) is 0. The van der Waals surface area contributed by atoms with Gasteiger partial charge < -0.3 is 22.8 Å². The number of rotatable bonds is 13. The molecule has 0 N–H and O–H groups in total. The molecule has 0 saturated carbocycles. The van der Waals surface area contributed by atoms with E-state index in [1.54, 1.807) is 7.11 Å². The second-order valence-electron chi connectivity index (χ2n) is 4.21. The topological polar surface area (TPSA) is 46.2 Å². The summed E-state index contributed by atoms with van der Waals surface area (Å²) in [5, 5.41) is 0. The summed E-state index contributed by atoms with van der Waals surface area (Å²) in [4.78, 5) is 0. The molecule has 0 aliphatic carbocycles. The van der Waals surface area contributed by atoms with Crippen molar-refractivity contribution in [2.24, 2.45) is 0 Å². The molecule has 1 unspecified atom stereocenters. The average molecular weight is 294 g/mol. The molecule has 0 rings (SSSR count). The van der Waals surface area contributed by atoms with Gasteiger partial charge in [-0.1, -0.05) is 0 Å². The van der Waals surface area contributed by atoms with Gasteiger partial charge in [0.25, 0.3) is 0 Å². The first kappa shape index (κ1) is 19.0. The van der Waals surface area contributed by atoms with Crippen molar-refractivity contribution in [2.45, 2.75) is 46.3 Å². The van der Waals surface area contributed by atoms with Gasteiger partial charge in [0.15, 0.2) is 0 Å². The van der Waals surface area contributed by atoms with Crippen LogP contribution in [0, 0.1) is 0 Å². The number of hydrogen-bond donors (Lipinski definition) is 0. The highest BCUT2D eigenvalue weighted by molar-refractivity contribution is 6.60. The van der Waals surface area contributed by atoms with E-state index in [2.05, 4.69) is 0 Å². The summed E-state index contributed by atoms with van der Waals surface area (Å²) >= 11 is 0. The first-order valence-corrected chi connectivity index (χ1v) is 9.09. The minimum atomic E-state index is -2.49. The van der Waals surface area contributed by atoms with Crippen LogP contribution in [0.25, 0.3) is 0 Å². The minimum Gasteiger partial charge on any atom is -0.379 e. The Morgan fingerprint density at radius 3 is 1.89 bits per heavy atom. The van der Waals surface area contributed by atoms with Crippen LogP contribution in [-0.4, -0.2) is 55.1 Å². The maximum absolute atomic E-state index is 5.77. The van der Waals surface area contributed by atoms with E-state index < -0.39 is 8.80 Å². The summed E-state index contributed by atoms with van der Waals surface area (Å²) in [5.74, 6) is 0. The van der Waals surface area contributed by atoms with Crippen molar-refractivity contribution in [2.75, 3.05) is 40.1 Å². The van der Waals surface area contributed by atoms with Crippen LogP contribution in [-0.2, 0) is 22.8 Å². The molecule has 0 radical (unpaired) electrons. The molecule has 0 aromatic carbocycles. The zero-order valence-electron chi connectivity index (χ0n) is 13.1. The Morgan fingerprint density at radius 2 is 1.47 bits per heavy atom. The van der Waals surface area contributed by atoms with E-state index in [0.717, 1.165) is 12.5 Å². The molecule has 0 aliphatic rings. The maximum Gasteiger partial charge on any atom is 0.501 e. The zero-order valence-corrected chi connectivity index (χ0v) is 14.1. The molecule has 0 aliphatic heterocycles. The first-order chi connectivity index (χ1) is 9.14. The van der Waals surface area contributed by atoms with E-state index >= 15 is 0 Å². The quantitative estimate of drug-likeness (QED) is 0.386. The maximum atomic E-state index is 5.77. The molecule has 0 aromatic rings. The van der Waals surface area contributed by atoms with Crippen molar-refractivity contribution in [3.8, 4) is 0 Å². The second kappa shape index (κ2) is 11.8. The van der Waals surface area contributed by atoms with Crippen molar-refractivity contribution in [3.63, 3.8) is 0 Å². The molecule has 0 heterocycles. The normalized spacial score (nSPS) is 13.7. The summed E-state index contributed by atoms with van der Waals surface area (Å²) < 4.78 is 28.0. The molecule has 0 fully saturated rings. The molecule has 0 aromatic heterocycles. The minimum absolute atomic E-state index is 0.132. The van der Waals surface area contributed by atoms with Crippen LogP contribution in [0.1, 0.15) is 34.1 Å². The molecular formula is C13H30O5Si. The standard InChI is InChI=1S/C13H30O5Si/c1-6-16-19(17-7-2,18-8-3)11-9-10-15-12-13(4)14-5/h13H,6-12H2,1-5H3. The Kier molecular flexibility index (Phi) is 11.8. The summed E-state index contributed by atoms with van der Waals surface area (Å²) in [7, 11) is -0.807. The van der Waals surface area contributed by atoms with Crippen molar-refractivity contribution >= 4 is 8.80 Å². The third-order valence-electron chi connectivity index (χ3n) is 2.62. The third kappa shape index (κ3) is 8.72. The average Bonchev–Trinajstić information content (AvgIpc) is 2.39. The lowest BCUT2D eigenvalue weighted by Crippen LogP contribution is -2.46. The summed E-state index contributed by atoms with van der Waals surface area (Å²) in [6.07, 6.45) is 1.01.